The number of aldehydes is 1. The Kier molecular flexibility index (Phi) is 12.0. The van der Waals surface area contributed by atoms with Crippen molar-refractivity contribution in [1.29, 1.82) is 0 Å². The number of ether oxygens (including phenoxy) is 1. The first-order valence-corrected chi connectivity index (χ1v) is 7.54. The molecule has 2 atom stereocenters. The lowest BCUT2D eigenvalue weighted by atomic mass is 10.1. The number of hydrogen-bond acceptors (Lipinski definition) is 5. The van der Waals surface area contributed by atoms with Gasteiger partial charge in [-0.25, -0.2) is 0 Å². The van der Waals surface area contributed by atoms with Gasteiger partial charge in [-0.3, -0.25) is 14.5 Å². The van der Waals surface area contributed by atoms with Crippen LogP contribution in [-0.2, 0) is 19.1 Å². The summed E-state index contributed by atoms with van der Waals surface area (Å²) >= 11 is 0. The number of nitrogens with one attached hydrogen (secondary N) is 1. The molecule has 7 nitrogen and oxygen atoms in total. The van der Waals surface area contributed by atoms with Crippen LogP contribution >= 0.6 is 0 Å². The first-order valence-electron chi connectivity index (χ1n) is 7.54. The van der Waals surface area contributed by atoms with E-state index in [-0.39, 0.29) is 6.04 Å². The predicted molar refractivity (Wildman–Crippen MR) is 90.7 cm³/mol. The van der Waals surface area contributed by atoms with Crippen LogP contribution in [0.1, 0.15) is 24.4 Å². The van der Waals surface area contributed by atoms with Gasteiger partial charge in [0.2, 0.25) is 6.41 Å². The van der Waals surface area contributed by atoms with E-state index in [1.807, 2.05) is 30.1 Å². The third kappa shape index (κ3) is 8.40. The molecule has 1 heterocycles. The fourth-order valence-corrected chi connectivity index (χ4v) is 2.17. The molecule has 7 heteroatoms. The number of benzene rings is 1. The summed E-state index contributed by atoms with van der Waals surface area (Å²) in [5.74, 6) is -0.685. The Hall–Kier alpha value is -2.25. The average Bonchev–Trinajstić information content (AvgIpc) is 3.01. The molecule has 1 aromatic rings. The van der Waals surface area contributed by atoms with Gasteiger partial charge in [0.05, 0.1) is 0 Å². The van der Waals surface area contributed by atoms with Crippen LogP contribution in [-0.4, -0.2) is 62.5 Å². The van der Waals surface area contributed by atoms with Crippen LogP contribution < -0.4 is 5.32 Å². The normalized spacial score (nSPS) is 17.4. The number of aliphatic carboxylic acids is 1. The van der Waals surface area contributed by atoms with Crippen molar-refractivity contribution < 1.29 is 24.2 Å². The molecule has 2 N–H and O–H groups in total. The zero-order valence-corrected chi connectivity index (χ0v) is 14.3. The van der Waals surface area contributed by atoms with E-state index in [0.29, 0.717) is 12.7 Å². The van der Waals surface area contributed by atoms with Gasteiger partial charge in [0.15, 0.2) is 0 Å². The molecular weight excluding hydrogens is 312 g/mol. The summed E-state index contributed by atoms with van der Waals surface area (Å²) in [5.41, 5.74) is 0.791. The highest BCUT2D eigenvalue weighted by molar-refractivity contribution is 5.73. The SMILES string of the molecule is CN1CCCC1C(=O)O.COC.O=CNC(C=O)c1ccccc1. The van der Waals surface area contributed by atoms with Crippen molar-refractivity contribution >= 4 is 18.7 Å². The molecule has 1 aliphatic heterocycles. The van der Waals surface area contributed by atoms with E-state index in [4.69, 9.17) is 5.11 Å². The van der Waals surface area contributed by atoms with Gasteiger partial charge in [-0.2, -0.15) is 0 Å². The highest BCUT2D eigenvalue weighted by Gasteiger charge is 2.26. The number of likely N-dealkylation sites (N-methyl/N-ethyl adjacent to an activating group) is 1. The molecule has 134 valence electrons. The smallest absolute Gasteiger partial charge is 0.320 e. The van der Waals surface area contributed by atoms with E-state index < -0.39 is 12.0 Å². The number of hydrogen-bond donors (Lipinski definition) is 2. The molecule has 0 bridgehead atoms. The fourth-order valence-electron chi connectivity index (χ4n) is 2.17. The number of carboxylic acid groups (broad SMARTS) is 1. The van der Waals surface area contributed by atoms with E-state index in [9.17, 15) is 14.4 Å². The Morgan fingerprint density at radius 3 is 2.25 bits per heavy atom. The highest BCUT2D eigenvalue weighted by atomic mass is 16.4. The molecule has 2 unspecified atom stereocenters. The number of carbonyl (C=O) groups is 3. The standard InChI is InChI=1S/C9H9NO2.C6H11NO2.C2H6O/c11-6-9(10-7-12)8-4-2-1-3-5-8;1-7-4-2-3-5(7)6(8)9;1-3-2/h1-7,9H,(H,10,12);5H,2-4H2,1H3,(H,8,9);1-2H3. The Morgan fingerprint density at radius 2 is 1.92 bits per heavy atom. The van der Waals surface area contributed by atoms with Crippen LogP contribution in [0.2, 0.25) is 0 Å². The molecule has 0 radical (unpaired) electrons. The molecule has 0 saturated carbocycles. The van der Waals surface area contributed by atoms with Gasteiger partial charge in [0, 0.05) is 14.2 Å². The summed E-state index contributed by atoms with van der Waals surface area (Å²) in [6.07, 6.45) is 3.05. The van der Waals surface area contributed by atoms with Crippen molar-refractivity contribution in [1.82, 2.24) is 10.2 Å². The summed E-state index contributed by atoms with van der Waals surface area (Å²) in [7, 11) is 5.10. The van der Waals surface area contributed by atoms with E-state index >= 15 is 0 Å². The minimum Gasteiger partial charge on any atom is -0.480 e. The second-order valence-electron chi connectivity index (χ2n) is 5.19. The summed E-state index contributed by atoms with van der Waals surface area (Å²) in [6, 6.07) is 8.32. The molecule has 0 aliphatic carbocycles. The molecular formula is C17H26N2O5. The maximum absolute atomic E-state index is 10.5. The molecule has 1 aromatic carbocycles. The van der Waals surface area contributed by atoms with Crippen LogP contribution in [0, 0.1) is 0 Å². The lowest BCUT2D eigenvalue weighted by Gasteiger charge is -2.13. The number of nitrogens with zero attached hydrogens (tertiary/aromatic N) is 1. The monoisotopic (exact) mass is 338 g/mol. The van der Waals surface area contributed by atoms with Gasteiger partial charge >= 0.3 is 5.97 Å². The molecule has 1 amide bonds. The zero-order chi connectivity index (χ0) is 18.4. The second-order valence-corrected chi connectivity index (χ2v) is 5.19. The third-order valence-corrected chi connectivity index (χ3v) is 3.35. The summed E-state index contributed by atoms with van der Waals surface area (Å²) in [6.45, 7) is 0.928. The Bertz CT molecular complexity index is 481. The van der Waals surface area contributed by atoms with Crippen molar-refractivity contribution in [2.45, 2.75) is 24.9 Å². The largest absolute Gasteiger partial charge is 0.480 e. The molecule has 24 heavy (non-hydrogen) atoms. The Labute approximate surface area is 142 Å². The van der Waals surface area contributed by atoms with Gasteiger partial charge < -0.3 is 20.0 Å². The summed E-state index contributed by atoms with van der Waals surface area (Å²) < 4.78 is 4.25. The van der Waals surface area contributed by atoms with Gasteiger partial charge in [-0.1, -0.05) is 30.3 Å². The van der Waals surface area contributed by atoms with Crippen molar-refractivity contribution in [2.75, 3.05) is 27.8 Å². The fraction of sp³-hybridized carbons (Fsp3) is 0.471. The van der Waals surface area contributed by atoms with E-state index in [1.54, 1.807) is 26.4 Å². The zero-order valence-electron chi connectivity index (χ0n) is 14.3. The second kappa shape index (κ2) is 13.2. The Morgan fingerprint density at radius 1 is 1.33 bits per heavy atom. The molecule has 2 rings (SSSR count). The van der Waals surface area contributed by atoms with Crippen LogP contribution in [0.4, 0.5) is 0 Å². The predicted octanol–water partition coefficient (Wildman–Crippen LogP) is 1.10. The van der Waals surface area contributed by atoms with Gasteiger partial charge in [-0.05, 0) is 32.0 Å². The van der Waals surface area contributed by atoms with Crippen LogP contribution in [0.25, 0.3) is 0 Å². The van der Waals surface area contributed by atoms with Crippen LogP contribution in [0.3, 0.4) is 0 Å². The van der Waals surface area contributed by atoms with E-state index in [2.05, 4.69) is 10.1 Å². The van der Waals surface area contributed by atoms with Gasteiger partial charge in [-0.15, -0.1) is 0 Å². The van der Waals surface area contributed by atoms with Crippen molar-refractivity contribution in [2.24, 2.45) is 0 Å². The number of rotatable bonds is 5. The van der Waals surface area contributed by atoms with Crippen molar-refractivity contribution in [3.05, 3.63) is 35.9 Å². The lowest BCUT2D eigenvalue weighted by Crippen LogP contribution is -2.32. The number of likely N-dealkylation sites (tertiary alicyclic amines) is 1. The molecule has 1 saturated heterocycles. The first-order chi connectivity index (χ1) is 11.5. The minimum atomic E-state index is -0.685. The molecule has 0 aromatic heterocycles. The summed E-state index contributed by atoms with van der Waals surface area (Å²) in [4.78, 5) is 32.8. The number of carboxylic acids is 1. The van der Waals surface area contributed by atoms with Crippen LogP contribution in [0.5, 0.6) is 0 Å². The highest BCUT2D eigenvalue weighted by Crippen LogP contribution is 2.13. The topological polar surface area (TPSA) is 95.9 Å². The Balaban J connectivity index is 0.000000390. The van der Waals surface area contributed by atoms with E-state index in [0.717, 1.165) is 24.9 Å². The minimum absolute atomic E-state index is 0.218. The van der Waals surface area contributed by atoms with Gasteiger partial charge in [0.25, 0.3) is 0 Å². The number of amides is 1. The van der Waals surface area contributed by atoms with Crippen LogP contribution in [0.15, 0.2) is 30.3 Å². The lowest BCUT2D eigenvalue weighted by molar-refractivity contribution is -0.141. The molecule has 1 aliphatic rings. The van der Waals surface area contributed by atoms with Crippen molar-refractivity contribution in [3.8, 4) is 0 Å². The first kappa shape index (κ1) is 21.8. The summed E-state index contributed by atoms with van der Waals surface area (Å²) in [5, 5.41) is 10.9. The number of carbonyl (C=O) groups excluding carboxylic acids is 2. The maximum atomic E-state index is 10.5. The number of methoxy groups -OCH3 is 1. The van der Waals surface area contributed by atoms with E-state index in [1.165, 1.54) is 0 Å². The third-order valence-electron chi connectivity index (χ3n) is 3.35. The maximum Gasteiger partial charge on any atom is 0.320 e. The molecule has 0 spiro atoms. The molecule has 1 fully saturated rings. The van der Waals surface area contributed by atoms with Gasteiger partial charge in [0.1, 0.15) is 18.4 Å². The average molecular weight is 338 g/mol. The van der Waals surface area contributed by atoms with Crippen molar-refractivity contribution in [3.63, 3.8) is 0 Å². The quantitative estimate of drug-likeness (QED) is 0.781.